The van der Waals surface area contributed by atoms with Gasteiger partial charge < -0.3 is 0 Å². The van der Waals surface area contributed by atoms with Crippen LogP contribution in [0.3, 0.4) is 0 Å². The van der Waals surface area contributed by atoms with E-state index in [-0.39, 0.29) is 0 Å². The summed E-state index contributed by atoms with van der Waals surface area (Å²) in [6, 6.07) is 37.6. The van der Waals surface area contributed by atoms with Crippen molar-refractivity contribution in [1.82, 2.24) is 19.9 Å². The number of aromatic nitrogens is 4. The van der Waals surface area contributed by atoms with Crippen molar-refractivity contribution in [2.45, 2.75) is 13.8 Å². The molecule has 0 bridgehead atoms. The molecule has 3 heterocycles. The van der Waals surface area contributed by atoms with E-state index in [1.54, 1.807) is 0 Å². The Morgan fingerprint density at radius 2 is 1.18 bits per heavy atom. The van der Waals surface area contributed by atoms with Gasteiger partial charge in [-0.3, -0.25) is 9.97 Å². The van der Waals surface area contributed by atoms with Gasteiger partial charge in [0.25, 0.3) is 0 Å². The van der Waals surface area contributed by atoms with Gasteiger partial charge in [-0.05, 0) is 43.2 Å². The molecule has 0 aliphatic carbocycles. The molecule has 4 heteroatoms. The van der Waals surface area contributed by atoms with Gasteiger partial charge in [-0.2, -0.15) is 0 Å². The maximum atomic E-state index is 5.02. The second-order valence-corrected chi connectivity index (χ2v) is 9.65. The van der Waals surface area contributed by atoms with Crippen molar-refractivity contribution in [3.63, 3.8) is 0 Å². The number of benzene rings is 4. The lowest BCUT2D eigenvalue weighted by Crippen LogP contribution is -1.95. The summed E-state index contributed by atoms with van der Waals surface area (Å²) in [6.45, 7) is 4.06. The summed E-state index contributed by atoms with van der Waals surface area (Å²) < 4.78 is 0. The minimum Gasteiger partial charge on any atom is -0.251 e. The third kappa shape index (κ3) is 3.78. The first-order valence-electron chi connectivity index (χ1n) is 12.7. The van der Waals surface area contributed by atoms with Gasteiger partial charge in [-0.25, -0.2) is 9.97 Å². The molecule has 0 fully saturated rings. The van der Waals surface area contributed by atoms with Crippen LogP contribution in [0.2, 0.25) is 0 Å². The van der Waals surface area contributed by atoms with Gasteiger partial charge >= 0.3 is 0 Å². The summed E-state index contributed by atoms with van der Waals surface area (Å²) in [5.74, 6) is 0.718. The van der Waals surface area contributed by atoms with Gasteiger partial charge in [0.2, 0.25) is 0 Å². The Kier molecular flexibility index (Phi) is 5.19. The molecule has 0 unspecified atom stereocenters. The van der Waals surface area contributed by atoms with Crippen molar-refractivity contribution in [3.8, 4) is 33.8 Å². The van der Waals surface area contributed by atoms with E-state index in [0.717, 1.165) is 77.9 Å². The van der Waals surface area contributed by atoms with E-state index in [1.165, 1.54) is 0 Å². The maximum Gasteiger partial charge on any atom is 0.160 e. The highest BCUT2D eigenvalue weighted by molar-refractivity contribution is 6.08. The van der Waals surface area contributed by atoms with Crippen molar-refractivity contribution in [1.29, 1.82) is 0 Å². The van der Waals surface area contributed by atoms with Crippen LogP contribution in [0.4, 0.5) is 0 Å². The number of fused-ring (bicyclic) bond motifs is 4. The topological polar surface area (TPSA) is 51.6 Å². The lowest BCUT2D eigenvalue weighted by Gasteiger charge is -2.12. The number of hydrogen-bond donors (Lipinski definition) is 0. The molecule has 0 amide bonds. The largest absolute Gasteiger partial charge is 0.251 e. The Morgan fingerprint density at radius 1 is 0.474 bits per heavy atom. The molecule has 4 nitrogen and oxygen atoms in total. The average Bonchev–Trinajstić information content (AvgIpc) is 2.96. The molecule has 0 atom stereocenters. The van der Waals surface area contributed by atoms with E-state index in [0.29, 0.717) is 0 Å². The second-order valence-electron chi connectivity index (χ2n) is 9.65. The summed E-state index contributed by atoms with van der Waals surface area (Å²) in [4.78, 5) is 19.6. The van der Waals surface area contributed by atoms with Gasteiger partial charge in [0, 0.05) is 38.7 Å². The lowest BCUT2D eigenvalue weighted by atomic mass is 9.97. The fourth-order valence-electron chi connectivity index (χ4n) is 5.16. The van der Waals surface area contributed by atoms with Crippen LogP contribution in [-0.4, -0.2) is 19.9 Å². The van der Waals surface area contributed by atoms with Crippen LogP contribution in [0, 0.1) is 13.8 Å². The monoisotopic (exact) mass is 488 g/mol. The Morgan fingerprint density at radius 3 is 2.03 bits per heavy atom. The summed E-state index contributed by atoms with van der Waals surface area (Å²) in [7, 11) is 0. The van der Waals surface area contributed by atoms with Gasteiger partial charge in [0.1, 0.15) is 0 Å². The van der Waals surface area contributed by atoms with E-state index in [2.05, 4.69) is 66.7 Å². The van der Waals surface area contributed by atoms with Crippen LogP contribution in [-0.2, 0) is 0 Å². The van der Waals surface area contributed by atoms with Crippen molar-refractivity contribution in [3.05, 3.63) is 121 Å². The number of para-hydroxylation sites is 1. The van der Waals surface area contributed by atoms with Crippen LogP contribution >= 0.6 is 0 Å². The van der Waals surface area contributed by atoms with E-state index in [9.17, 15) is 0 Å². The predicted molar refractivity (Wildman–Crippen MR) is 156 cm³/mol. The van der Waals surface area contributed by atoms with Crippen molar-refractivity contribution < 1.29 is 0 Å². The standard InChI is InChI=1S/C34H24N4/c1-21-12-13-25-18-19-27-29(20-22(2)36-33(27)32(25)35-21)23-14-16-26(17-15-23)34-37-30-11-7-6-10-28(30)31(38-34)24-8-4-3-5-9-24/h3-20H,1-2H3. The Labute approximate surface area is 220 Å². The number of rotatable bonds is 3. The SMILES string of the molecule is Cc1ccc2ccc3c(-c4ccc(-c5nc(-c6ccccc6)c6ccccc6n5)cc4)cc(C)nc3c2n1. The number of hydrogen-bond acceptors (Lipinski definition) is 4. The molecular weight excluding hydrogens is 464 g/mol. The van der Waals surface area contributed by atoms with Crippen molar-refractivity contribution in [2.24, 2.45) is 0 Å². The van der Waals surface area contributed by atoms with Crippen molar-refractivity contribution >= 4 is 32.7 Å². The van der Waals surface area contributed by atoms with E-state index >= 15 is 0 Å². The molecule has 0 spiro atoms. The zero-order chi connectivity index (χ0) is 25.6. The van der Waals surface area contributed by atoms with Gasteiger partial charge in [0.15, 0.2) is 5.82 Å². The minimum absolute atomic E-state index is 0.718. The maximum absolute atomic E-state index is 5.02. The summed E-state index contributed by atoms with van der Waals surface area (Å²) >= 11 is 0. The number of aryl methyl sites for hydroxylation is 2. The third-order valence-corrected chi connectivity index (χ3v) is 7.01. The molecule has 0 radical (unpaired) electrons. The molecule has 0 aliphatic rings. The van der Waals surface area contributed by atoms with Crippen molar-refractivity contribution in [2.75, 3.05) is 0 Å². The lowest BCUT2D eigenvalue weighted by molar-refractivity contribution is 1.23. The molecule has 7 aromatic rings. The average molecular weight is 489 g/mol. The highest BCUT2D eigenvalue weighted by Gasteiger charge is 2.13. The highest BCUT2D eigenvalue weighted by Crippen LogP contribution is 2.34. The number of pyridine rings is 2. The normalized spacial score (nSPS) is 11.4. The van der Waals surface area contributed by atoms with Crippen LogP contribution in [0.25, 0.3) is 66.5 Å². The van der Waals surface area contributed by atoms with Gasteiger partial charge in [-0.1, -0.05) is 91.0 Å². The first kappa shape index (κ1) is 22.3. The zero-order valence-electron chi connectivity index (χ0n) is 21.2. The van der Waals surface area contributed by atoms with Crippen LogP contribution < -0.4 is 0 Å². The molecule has 3 aromatic heterocycles. The Bertz CT molecular complexity index is 1980. The molecule has 38 heavy (non-hydrogen) atoms. The minimum atomic E-state index is 0.718. The molecule has 0 saturated carbocycles. The number of nitrogens with zero attached hydrogens (tertiary/aromatic N) is 4. The third-order valence-electron chi connectivity index (χ3n) is 7.01. The fourth-order valence-corrected chi connectivity index (χ4v) is 5.16. The molecule has 0 aliphatic heterocycles. The zero-order valence-corrected chi connectivity index (χ0v) is 21.2. The smallest absolute Gasteiger partial charge is 0.160 e. The second kappa shape index (κ2) is 8.86. The molecule has 7 rings (SSSR count). The summed E-state index contributed by atoms with van der Waals surface area (Å²) in [5.41, 5.74) is 10.1. The molecule has 180 valence electrons. The molecular formula is C34H24N4. The summed E-state index contributed by atoms with van der Waals surface area (Å²) in [6.07, 6.45) is 0. The quantitative estimate of drug-likeness (QED) is 0.235. The van der Waals surface area contributed by atoms with Gasteiger partial charge in [0.05, 0.1) is 22.2 Å². The van der Waals surface area contributed by atoms with E-state index in [4.69, 9.17) is 19.9 Å². The van der Waals surface area contributed by atoms with Crippen LogP contribution in [0.15, 0.2) is 109 Å². The first-order valence-corrected chi connectivity index (χ1v) is 12.7. The highest BCUT2D eigenvalue weighted by atomic mass is 14.9. The Balaban J connectivity index is 1.36. The van der Waals surface area contributed by atoms with E-state index < -0.39 is 0 Å². The molecule has 0 N–H and O–H groups in total. The van der Waals surface area contributed by atoms with E-state index in [1.807, 2.05) is 56.3 Å². The predicted octanol–water partition coefficient (Wildman–Crippen LogP) is 8.34. The molecule has 4 aromatic carbocycles. The van der Waals surface area contributed by atoms with Crippen LogP contribution in [0.1, 0.15) is 11.4 Å². The fraction of sp³-hybridized carbons (Fsp3) is 0.0588. The summed E-state index contributed by atoms with van der Waals surface area (Å²) in [5, 5.41) is 3.25. The first-order chi connectivity index (χ1) is 18.6. The van der Waals surface area contributed by atoms with Crippen LogP contribution in [0.5, 0.6) is 0 Å². The Hall–Kier alpha value is -4.96. The van der Waals surface area contributed by atoms with Gasteiger partial charge in [-0.15, -0.1) is 0 Å². The molecule has 0 saturated heterocycles.